The van der Waals surface area contributed by atoms with E-state index < -0.39 is 0 Å². The predicted molar refractivity (Wildman–Crippen MR) is 132 cm³/mol. The summed E-state index contributed by atoms with van der Waals surface area (Å²) in [7, 11) is 1.68. The van der Waals surface area contributed by atoms with E-state index >= 15 is 0 Å². The van der Waals surface area contributed by atoms with Crippen LogP contribution in [0.3, 0.4) is 0 Å². The van der Waals surface area contributed by atoms with Gasteiger partial charge in [0.15, 0.2) is 5.11 Å². The molecular weight excluding hydrogens is 436 g/mol. The highest BCUT2D eigenvalue weighted by molar-refractivity contribution is 7.80. The molecule has 2 heterocycles. The van der Waals surface area contributed by atoms with Gasteiger partial charge < -0.3 is 24.2 Å². The number of allylic oxidation sites excluding steroid dienone is 1. The van der Waals surface area contributed by atoms with Crippen molar-refractivity contribution in [2.45, 2.75) is 26.8 Å². The summed E-state index contributed by atoms with van der Waals surface area (Å²) in [6, 6.07) is 15.8. The molecule has 1 N–H and O–H groups in total. The molecule has 0 aliphatic carbocycles. The van der Waals surface area contributed by atoms with Crippen molar-refractivity contribution in [3.63, 3.8) is 0 Å². The van der Waals surface area contributed by atoms with E-state index in [2.05, 4.69) is 41.7 Å². The number of benzene rings is 2. The number of thiocarbonyl (C=S) groups is 1. The zero-order valence-electron chi connectivity index (χ0n) is 19.3. The molecule has 8 heteroatoms. The number of rotatable bonds is 8. The Hall–Kier alpha value is -3.23. The monoisotopic (exact) mass is 464 g/mol. The molecule has 1 unspecified atom stereocenters. The fourth-order valence-electron chi connectivity index (χ4n) is 3.84. The Balaban J connectivity index is 1.74. The Morgan fingerprint density at radius 2 is 1.82 bits per heavy atom. The second kappa shape index (κ2) is 10.1. The number of aromatic nitrogens is 2. The highest BCUT2D eigenvalue weighted by Crippen LogP contribution is 2.37. The fourth-order valence-corrected chi connectivity index (χ4v) is 4.18. The van der Waals surface area contributed by atoms with Crippen LogP contribution in [0.15, 0.2) is 58.8 Å². The Labute approximate surface area is 199 Å². The standard InChI is InChI=1S/C25H28N4O3S/c1-5-31-20-12-10-19(11-13-20)23-27-24(32-28-23)21-17(3)29(14-15-30-4)25(33)26-22(21)18-8-6-16(2)7-9-18/h6-13,22H,5,14-15H2,1-4H3,(H,26,33). The second-order valence-electron chi connectivity index (χ2n) is 7.82. The molecule has 4 rings (SSSR count). The maximum atomic E-state index is 5.78. The Kier molecular flexibility index (Phi) is 7.05. The van der Waals surface area contributed by atoms with E-state index in [1.54, 1.807) is 7.11 Å². The average molecular weight is 465 g/mol. The van der Waals surface area contributed by atoms with Gasteiger partial charge in [0.05, 0.1) is 24.8 Å². The van der Waals surface area contributed by atoms with E-state index in [1.165, 1.54) is 5.56 Å². The summed E-state index contributed by atoms with van der Waals surface area (Å²) < 4.78 is 16.6. The molecule has 1 aliphatic rings. The fraction of sp³-hybridized carbons (Fsp3) is 0.320. The maximum absolute atomic E-state index is 5.78. The summed E-state index contributed by atoms with van der Waals surface area (Å²) in [5.74, 6) is 1.79. The second-order valence-corrected chi connectivity index (χ2v) is 8.20. The van der Waals surface area contributed by atoms with Gasteiger partial charge in [-0.3, -0.25) is 0 Å². The molecule has 1 aromatic heterocycles. The van der Waals surface area contributed by atoms with E-state index in [0.717, 1.165) is 28.1 Å². The minimum absolute atomic E-state index is 0.203. The molecule has 3 aromatic rings. The summed E-state index contributed by atoms with van der Waals surface area (Å²) >= 11 is 5.69. The summed E-state index contributed by atoms with van der Waals surface area (Å²) in [5, 5.41) is 8.36. The number of nitrogens with one attached hydrogen (secondary N) is 1. The molecule has 0 saturated carbocycles. The smallest absolute Gasteiger partial charge is 0.258 e. The Morgan fingerprint density at radius 1 is 1.09 bits per heavy atom. The van der Waals surface area contributed by atoms with Crippen molar-refractivity contribution in [3.05, 3.63) is 71.2 Å². The van der Waals surface area contributed by atoms with E-state index in [-0.39, 0.29) is 6.04 Å². The van der Waals surface area contributed by atoms with E-state index in [4.69, 9.17) is 31.2 Å². The number of nitrogens with zero attached hydrogens (tertiary/aromatic N) is 3. The third-order valence-corrected chi connectivity index (χ3v) is 5.94. The quantitative estimate of drug-likeness (QED) is 0.479. The van der Waals surface area contributed by atoms with Crippen molar-refractivity contribution in [1.29, 1.82) is 0 Å². The van der Waals surface area contributed by atoms with Crippen LogP contribution in [0.5, 0.6) is 5.75 Å². The van der Waals surface area contributed by atoms with E-state index in [9.17, 15) is 0 Å². The molecule has 0 spiro atoms. The summed E-state index contributed by atoms with van der Waals surface area (Å²) in [6.45, 7) is 7.84. The van der Waals surface area contributed by atoms with Crippen LogP contribution in [0.25, 0.3) is 17.0 Å². The molecule has 172 valence electrons. The van der Waals surface area contributed by atoms with Gasteiger partial charge in [-0.1, -0.05) is 35.0 Å². The van der Waals surface area contributed by atoms with Crippen molar-refractivity contribution in [1.82, 2.24) is 20.4 Å². The van der Waals surface area contributed by atoms with Gasteiger partial charge >= 0.3 is 0 Å². The van der Waals surface area contributed by atoms with Crippen LogP contribution in [0.4, 0.5) is 0 Å². The minimum atomic E-state index is -0.203. The van der Waals surface area contributed by atoms with Crippen LogP contribution in [-0.2, 0) is 4.74 Å². The molecule has 0 bridgehead atoms. The Bertz CT molecular complexity index is 1140. The zero-order chi connectivity index (χ0) is 23.4. The molecular formula is C25H28N4O3S. The summed E-state index contributed by atoms with van der Waals surface area (Å²) in [4.78, 5) is 6.76. The molecule has 1 atom stereocenters. The van der Waals surface area contributed by atoms with Crippen molar-refractivity contribution in [3.8, 4) is 17.1 Å². The molecule has 0 radical (unpaired) electrons. The van der Waals surface area contributed by atoms with Crippen LogP contribution in [-0.4, -0.2) is 47.0 Å². The average Bonchev–Trinajstić information content (AvgIpc) is 3.29. The van der Waals surface area contributed by atoms with Gasteiger partial charge in [0.25, 0.3) is 5.89 Å². The molecule has 2 aromatic carbocycles. The van der Waals surface area contributed by atoms with Gasteiger partial charge in [-0.25, -0.2) is 0 Å². The van der Waals surface area contributed by atoms with Gasteiger partial charge in [0, 0.05) is 24.9 Å². The van der Waals surface area contributed by atoms with Crippen molar-refractivity contribution in [2.75, 3.05) is 26.9 Å². The first-order chi connectivity index (χ1) is 16.0. The third-order valence-electron chi connectivity index (χ3n) is 5.61. The maximum Gasteiger partial charge on any atom is 0.258 e. The minimum Gasteiger partial charge on any atom is -0.494 e. The number of hydrogen-bond donors (Lipinski definition) is 1. The highest BCUT2D eigenvalue weighted by atomic mass is 32.1. The van der Waals surface area contributed by atoms with Crippen LogP contribution in [0.2, 0.25) is 0 Å². The van der Waals surface area contributed by atoms with Crippen LogP contribution in [0, 0.1) is 6.92 Å². The number of methoxy groups -OCH3 is 1. The third kappa shape index (κ3) is 4.91. The number of aryl methyl sites for hydroxylation is 1. The summed E-state index contributed by atoms with van der Waals surface area (Å²) in [6.07, 6.45) is 0. The lowest BCUT2D eigenvalue weighted by Gasteiger charge is -2.37. The van der Waals surface area contributed by atoms with Crippen molar-refractivity contribution in [2.24, 2.45) is 0 Å². The van der Waals surface area contributed by atoms with Gasteiger partial charge in [-0.05, 0) is 62.8 Å². The van der Waals surface area contributed by atoms with E-state index in [0.29, 0.717) is 36.6 Å². The molecule has 1 aliphatic heterocycles. The topological polar surface area (TPSA) is 72.7 Å². The molecule has 7 nitrogen and oxygen atoms in total. The van der Waals surface area contributed by atoms with Crippen LogP contribution < -0.4 is 10.1 Å². The largest absolute Gasteiger partial charge is 0.494 e. The first kappa shape index (κ1) is 22.9. The lowest BCUT2D eigenvalue weighted by Crippen LogP contribution is -2.47. The lowest BCUT2D eigenvalue weighted by atomic mass is 9.94. The SMILES string of the molecule is CCOc1ccc(-c2noc(C3=C(C)N(CCOC)C(=S)NC3c3ccc(C)cc3)n2)cc1. The Morgan fingerprint density at radius 3 is 2.48 bits per heavy atom. The zero-order valence-corrected chi connectivity index (χ0v) is 20.1. The normalized spacial score (nSPS) is 16.2. The van der Waals surface area contributed by atoms with Crippen LogP contribution in [0.1, 0.15) is 36.9 Å². The lowest BCUT2D eigenvalue weighted by molar-refractivity contribution is 0.183. The predicted octanol–water partition coefficient (Wildman–Crippen LogP) is 4.75. The van der Waals surface area contributed by atoms with Gasteiger partial charge in [0.2, 0.25) is 5.82 Å². The molecule has 0 amide bonds. The molecule has 0 saturated heterocycles. The van der Waals surface area contributed by atoms with Crippen LogP contribution >= 0.6 is 12.2 Å². The summed E-state index contributed by atoms with van der Waals surface area (Å²) in [5.41, 5.74) is 4.98. The van der Waals surface area contributed by atoms with Gasteiger partial charge in [-0.15, -0.1) is 0 Å². The van der Waals surface area contributed by atoms with Gasteiger partial charge in [-0.2, -0.15) is 4.98 Å². The molecule has 33 heavy (non-hydrogen) atoms. The van der Waals surface area contributed by atoms with Crippen molar-refractivity contribution >= 4 is 22.9 Å². The number of hydrogen-bond acceptors (Lipinski definition) is 6. The first-order valence-corrected chi connectivity index (χ1v) is 11.3. The number of ether oxygens (including phenoxy) is 2. The van der Waals surface area contributed by atoms with Gasteiger partial charge in [0.1, 0.15) is 5.75 Å². The first-order valence-electron chi connectivity index (χ1n) is 10.9. The highest BCUT2D eigenvalue weighted by Gasteiger charge is 2.33. The van der Waals surface area contributed by atoms with Crippen molar-refractivity contribution < 1.29 is 14.0 Å². The van der Waals surface area contributed by atoms with E-state index in [1.807, 2.05) is 43.0 Å². The molecule has 0 fully saturated rings.